The van der Waals surface area contributed by atoms with Crippen LogP contribution < -0.4 is 15.9 Å². The molecule has 0 radical (unpaired) electrons. The van der Waals surface area contributed by atoms with Crippen LogP contribution >= 0.6 is 11.6 Å². The molecule has 5 rings (SSSR count). The van der Waals surface area contributed by atoms with Gasteiger partial charge in [-0.1, -0.05) is 23.7 Å². The van der Waals surface area contributed by atoms with Crippen molar-refractivity contribution in [2.75, 3.05) is 13.7 Å². The maximum atomic E-state index is 6.16. The van der Waals surface area contributed by atoms with Crippen LogP contribution in [-0.2, 0) is 13.1 Å². The van der Waals surface area contributed by atoms with Crippen molar-refractivity contribution >= 4 is 29.1 Å². The van der Waals surface area contributed by atoms with Crippen LogP contribution in [0.1, 0.15) is 23.2 Å². The van der Waals surface area contributed by atoms with Crippen molar-refractivity contribution in [2.45, 2.75) is 25.7 Å². The van der Waals surface area contributed by atoms with Crippen LogP contribution in [-0.4, -0.2) is 46.5 Å². The average molecular weight is 398 g/mol. The lowest BCUT2D eigenvalue weighted by molar-refractivity contribution is 0.256. The molecule has 8 nitrogen and oxygen atoms in total. The summed E-state index contributed by atoms with van der Waals surface area (Å²) in [6.45, 7) is 2.58. The van der Waals surface area contributed by atoms with Crippen molar-refractivity contribution in [1.82, 2.24) is 20.3 Å². The van der Waals surface area contributed by atoms with E-state index >= 15 is 0 Å². The van der Waals surface area contributed by atoms with Crippen molar-refractivity contribution in [3.8, 4) is 5.75 Å². The Labute approximate surface area is 167 Å². The van der Waals surface area contributed by atoms with Gasteiger partial charge in [-0.3, -0.25) is 4.90 Å². The number of halogens is 1. The molecule has 3 aliphatic rings. The fraction of sp³-hybridized carbons (Fsp3) is 0.316. The van der Waals surface area contributed by atoms with Crippen LogP contribution in [0.2, 0.25) is 5.15 Å². The molecular formula is C19H20ClN7O. The smallest absolute Gasteiger partial charge is 0.217 e. The highest BCUT2D eigenvalue weighted by atomic mass is 35.5. The van der Waals surface area contributed by atoms with Crippen molar-refractivity contribution < 1.29 is 4.74 Å². The van der Waals surface area contributed by atoms with E-state index in [1.165, 1.54) is 5.56 Å². The van der Waals surface area contributed by atoms with E-state index in [4.69, 9.17) is 27.1 Å². The molecule has 1 atom stereocenters. The monoisotopic (exact) mass is 397 g/mol. The zero-order valence-electron chi connectivity index (χ0n) is 15.4. The summed E-state index contributed by atoms with van der Waals surface area (Å²) in [5.41, 5.74) is 13.4. The highest BCUT2D eigenvalue weighted by Crippen LogP contribution is 2.36. The number of rotatable bonds is 4. The van der Waals surface area contributed by atoms with Crippen molar-refractivity contribution in [1.29, 1.82) is 0 Å². The van der Waals surface area contributed by atoms with Gasteiger partial charge in [-0.2, -0.15) is 0 Å². The lowest BCUT2D eigenvalue weighted by atomic mass is 10.1. The number of pyridine rings is 1. The maximum absolute atomic E-state index is 6.16. The van der Waals surface area contributed by atoms with Gasteiger partial charge in [-0.25, -0.2) is 25.4 Å². The minimum Gasteiger partial charge on any atom is -0.494 e. The molecule has 0 saturated carbocycles. The maximum Gasteiger partial charge on any atom is 0.217 e. The van der Waals surface area contributed by atoms with Gasteiger partial charge in [0.15, 0.2) is 5.84 Å². The summed E-state index contributed by atoms with van der Waals surface area (Å²) in [6, 6.07) is 9.69. The zero-order chi connectivity index (χ0) is 19.3. The quantitative estimate of drug-likeness (QED) is 0.767. The van der Waals surface area contributed by atoms with Crippen LogP contribution in [0.15, 0.2) is 40.3 Å². The number of para-hydroxylation sites is 1. The number of aromatic nitrogens is 1. The Morgan fingerprint density at radius 1 is 1.29 bits per heavy atom. The van der Waals surface area contributed by atoms with Gasteiger partial charge in [-0.05, 0) is 30.2 Å². The summed E-state index contributed by atoms with van der Waals surface area (Å²) in [4.78, 5) is 16.1. The third-order valence-corrected chi connectivity index (χ3v) is 5.41. The highest BCUT2D eigenvalue weighted by Gasteiger charge is 2.34. The molecule has 3 N–H and O–H groups in total. The number of fused-ring (bicyclic) bond motifs is 4. The Morgan fingerprint density at radius 2 is 2.18 bits per heavy atom. The zero-order valence-corrected chi connectivity index (χ0v) is 16.1. The lowest BCUT2D eigenvalue weighted by Crippen LogP contribution is -2.50. The minimum absolute atomic E-state index is 0.0684. The van der Waals surface area contributed by atoms with E-state index in [2.05, 4.69) is 26.4 Å². The van der Waals surface area contributed by atoms with E-state index in [1.54, 1.807) is 12.1 Å². The normalized spacial score (nSPS) is 20.4. The van der Waals surface area contributed by atoms with Gasteiger partial charge in [0.25, 0.3) is 0 Å². The summed E-state index contributed by atoms with van der Waals surface area (Å²) in [6.07, 6.45) is 0.773. The largest absolute Gasteiger partial charge is 0.494 e. The summed E-state index contributed by atoms with van der Waals surface area (Å²) in [7, 11) is 1.63. The molecule has 3 aliphatic heterocycles. The molecule has 0 fully saturated rings. The van der Waals surface area contributed by atoms with Gasteiger partial charge in [0.05, 0.1) is 12.8 Å². The molecule has 28 heavy (non-hydrogen) atoms. The van der Waals surface area contributed by atoms with E-state index in [1.807, 2.05) is 24.3 Å². The average Bonchev–Trinajstić information content (AvgIpc) is 3.30. The first-order valence-electron chi connectivity index (χ1n) is 9.14. The third kappa shape index (κ3) is 2.90. The summed E-state index contributed by atoms with van der Waals surface area (Å²) in [5.74, 6) is 1.84. The Morgan fingerprint density at radius 3 is 3.04 bits per heavy atom. The first-order valence-corrected chi connectivity index (χ1v) is 9.52. The Bertz CT molecular complexity index is 1010. The van der Waals surface area contributed by atoms with Gasteiger partial charge >= 0.3 is 0 Å². The van der Waals surface area contributed by atoms with Gasteiger partial charge in [0.1, 0.15) is 22.8 Å². The Balaban J connectivity index is 1.31. The Hall–Kier alpha value is -2.68. The molecule has 0 bridgehead atoms. The fourth-order valence-electron chi connectivity index (χ4n) is 3.84. The molecule has 1 aromatic heterocycles. The fourth-order valence-corrected chi connectivity index (χ4v) is 4.01. The molecule has 0 aliphatic carbocycles. The lowest BCUT2D eigenvalue weighted by Gasteiger charge is -2.26. The third-order valence-electron chi connectivity index (χ3n) is 5.20. The van der Waals surface area contributed by atoms with E-state index in [-0.39, 0.29) is 6.17 Å². The summed E-state index contributed by atoms with van der Waals surface area (Å²) < 4.78 is 5.41. The second kappa shape index (κ2) is 6.73. The van der Waals surface area contributed by atoms with Crippen LogP contribution in [0.4, 0.5) is 5.69 Å². The molecular weight excluding hydrogens is 378 g/mol. The molecule has 0 amide bonds. The van der Waals surface area contributed by atoms with Crippen molar-refractivity contribution in [3.63, 3.8) is 0 Å². The minimum atomic E-state index is -0.0684. The molecule has 9 heteroatoms. The molecule has 1 aromatic carbocycles. The Kier molecular flexibility index (Phi) is 4.19. The van der Waals surface area contributed by atoms with Crippen LogP contribution in [0.3, 0.4) is 0 Å². The molecule has 2 aromatic rings. The molecule has 0 spiro atoms. The van der Waals surface area contributed by atoms with E-state index in [9.17, 15) is 0 Å². The van der Waals surface area contributed by atoms with E-state index < -0.39 is 0 Å². The number of nitrogens with one attached hydrogen (secondary N) is 1. The number of nitrogens with zero attached hydrogens (tertiary/aromatic N) is 5. The van der Waals surface area contributed by atoms with E-state index in [0.717, 1.165) is 48.8 Å². The van der Waals surface area contributed by atoms with Gasteiger partial charge < -0.3 is 10.5 Å². The predicted octanol–water partition coefficient (Wildman–Crippen LogP) is 2.00. The first kappa shape index (κ1) is 17.4. The second-order valence-corrected chi connectivity index (χ2v) is 7.39. The van der Waals surface area contributed by atoms with Gasteiger partial charge in [-0.15, -0.1) is 0 Å². The summed E-state index contributed by atoms with van der Waals surface area (Å²) >= 11 is 6.00. The van der Waals surface area contributed by atoms with Crippen molar-refractivity contribution in [2.24, 2.45) is 15.7 Å². The van der Waals surface area contributed by atoms with Crippen LogP contribution in [0.25, 0.3) is 0 Å². The number of methoxy groups -OCH3 is 1. The number of benzene rings is 1. The first-order chi connectivity index (χ1) is 13.6. The predicted molar refractivity (Wildman–Crippen MR) is 108 cm³/mol. The number of aliphatic imine (C=N–C) groups is 2. The number of hydrazine groups is 1. The number of nitrogens with two attached hydrogens (primary N) is 1. The SMILES string of the molecule is COc1cccc2c1N=C(N)N1NC(CCN3Cc4ccc(Cl)nc4C3)N=C21. The molecule has 0 saturated heterocycles. The molecule has 144 valence electrons. The van der Waals surface area contributed by atoms with E-state index in [0.29, 0.717) is 16.9 Å². The summed E-state index contributed by atoms with van der Waals surface area (Å²) in [5, 5.41) is 2.30. The molecule has 4 heterocycles. The van der Waals surface area contributed by atoms with Crippen LogP contribution in [0, 0.1) is 0 Å². The van der Waals surface area contributed by atoms with Gasteiger partial charge in [0.2, 0.25) is 5.96 Å². The topological polar surface area (TPSA) is 91.4 Å². The van der Waals surface area contributed by atoms with Gasteiger partial charge in [0, 0.05) is 25.2 Å². The highest BCUT2D eigenvalue weighted by molar-refractivity contribution is 6.29. The van der Waals surface area contributed by atoms with Crippen LogP contribution in [0.5, 0.6) is 5.75 Å². The standard InChI is InChI=1S/C19H20ClN7O/c1-28-14-4-2-3-12-17(14)24-19(21)27-18(12)23-16(25-27)7-8-26-9-11-5-6-15(20)22-13(11)10-26/h2-6,16,25H,7-10H2,1H3,(H2,21,24). The molecule has 1 unspecified atom stereocenters. The second-order valence-electron chi connectivity index (χ2n) is 7.00. The number of ether oxygens (including phenoxy) is 1. The van der Waals surface area contributed by atoms with Crippen molar-refractivity contribution in [3.05, 3.63) is 52.3 Å². The number of guanidine groups is 1. The number of hydrogen-bond donors (Lipinski definition) is 2. The number of amidine groups is 1. The number of hydrogen-bond acceptors (Lipinski definition) is 8.